The van der Waals surface area contributed by atoms with E-state index < -0.39 is 9.84 Å². The number of rotatable bonds is 9. The number of hydrogen-bond acceptors (Lipinski definition) is 6. The molecule has 0 aromatic carbocycles. The smallest absolute Gasteiger partial charge is 0.147 e. The van der Waals surface area contributed by atoms with E-state index >= 15 is 0 Å². The Labute approximate surface area is 127 Å². The molecule has 1 rings (SSSR count). The van der Waals surface area contributed by atoms with Gasteiger partial charge in [0, 0.05) is 31.3 Å². The van der Waals surface area contributed by atoms with Gasteiger partial charge >= 0.3 is 0 Å². The van der Waals surface area contributed by atoms with Crippen molar-refractivity contribution in [2.45, 2.75) is 40.0 Å². The quantitative estimate of drug-likeness (QED) is 0.678. The van der Waals surface area contributed by atoms with Crippen LogP contribution in [0, 0.1) is 6.92 Å². The third-order valence-corrected chi connectivity index (χ3v) is 4.07. The van der Waals surface area contributed by atoms with E-state index in [2.05, 4.69) is 27.5 Å². The van der Waals surface area contributed by atoms with Gasteiger partial charge < -0.3 is 10.6 Å². The molecule has 2 N–H and O–H groups in total. The summed E-state index contributed by atoms with van der Waals surface area (Å²) in [5.74, 6) is 2.61. The Kier molecular flexibility index (Phi) is 6.87. The van der Waals surface area contributed by atoms with E-state index in [1.165, 1.54) is 6.26 Å². The van der Waals surface area contributed by atoms with Crippen molar-refractivity contribution in [3.8, 4) is 0 Å². The molecule has 1 heterocycles. The van der Waals surface area contributed by atoms with Crippen molar-refractivity contribution < 1.29 is 8.42 Å². The molecule has 21 heavy (non-hydrogen) atoms. The van der Waals surface area contributed by atoms with Gasteiger partial charge in [0.25, 0.3) is 0 Å². The normalized spacial score (nSPS) is 11.4. The zero-order valence-electron chi connectivity index (χ0n) is 13.4. The van der Waals surface area contributed by atoms with Gasteiger partial charge in [-0.3, -0.25) is 0 Å². The molecule has 0 fully saturated rings. The minimum atomic E-state index is -2.91. The second-order valence-corrected chi connectivity index (χ2v) is 7.41. The summed E-state index contributed by atoms with van der Waals surface area (Å²) in [7, 11) is -2.91. The van der Waals surface area contributed by atoms with Gasteiger partial charge in [-0.25, -0.2) is 18.4 Å². The molecule has 0 aliphatic rings. The highest BCUT2D eigenvalue weighted by molar-refractivity contribution is 7.90. The summed E-state index contributed by atoms with van der Waals surface area (Å²) in [4.78, 5) is 8.98. The van der Waals surface area contributed by atoms with E-state index in [4.69, 9.17) is 0 Å². The van der Waals surface area contributed by atoms with Crippen molar-refractivity contribution in [2.75, 3.05) is 35.7 Å². The molecule has 0 aliphatic heterocycles. The molecule has 0 unspecified atom stereocenters. The second kappa shape index (κ2) is 8.17. The molecule has 6 nitrogen and oxygen atoms in total. The van der Waals surface area contributed by atoms with E-state index in [0.717, 1.165) is 42.4 Å². The van der Waals surface area contributed by atoms with Gasteiger partial charge in [0.15, 0.2) is 0 Å². The Balaban J connectivity index is 2.75. The lowest BCUT2D eigenvalue weighted by Crippen LogP contribution is -2.14. The van der Waals surface area contributed by atoms with Crippen LogP contribution in [0.1, 0.15) is 38.1 Å². The van der Waals surface area contributed by atoms with Crippen molar-refractivity contribution >= 4 is 21.5 Å². The van der Waals surface area contributed by atoms with Gasteiger partial charge in [0.2, 0.25) is 0 Å². The van der Waals surface area contributed by atoms with E-state index in [1.54, 1.807) is 0 Å². The Morgan fingerprint density at radius 2 is 1.62 bits per heavy atom. The topological polar surface area (TPSA) is 84.0 Å². The van der Waals surface area contributed by atoms with Crippen LogP contribution >= 0.6 is 0 Å². The largest absolute Gasteiger partial charge is 0.370 e. The standard InChI is InChI=1S/C14H26N4O2S/c1-5-8-15-13-11(3)14(18-12(6-2)17-13)16-9-7-10-21(4,19)20/h5-10H2,1-4H3,(H2,15,16,17,18). The summed E-state index contributed by atoms with van der Waals surface area (Å²) in [6, 6.07) is 0. The number of hydrogen-bond donors (Lipinski definition) is 2. The van der Waals surface area contributed by atoms with Crippen LogP contribution in [0.4, 0.5) is 11.6 Å². The minimum absolute atomic E-state index is 0.186. The van der Waals surface area contributed by atoms with Crippen molar-refractivity contribution in [3.05, 3.63) is 11.4 Å². The van der Waals surface area contributed by atoms with Gasteiger partial charge in [0.05, 0.1) is 5.75 Å². The minimum Gasteiger partial charge on any atom is -0.370 e. The Morgan fingerprint density at radius 3 is 2.10 bits per heavy atom. The van der Waals surface area contributed by atoms with Gasteiger partial charge in [-0.15, -0.1) is 0 Å². The average Bonchev–Trinajstić information content (AvgIpc) is 2.42. The van der Waals surface area contributed by atoms with Crippen molar-refractivity contribution in [1.29, 1.82) is 0 Å². The van der Waals surface area contributed by atoms with Crippen LogP contribution < -0.4 is 10.6 Å². The van der Waals surface area contributed by atoms with Gasteiger partial charge in [-0.1, -0.05) is 13.8 Å². The Morgan fingerprint density at radius 1 is 1.05 bits per heavy atom. The van der Waals surface area contributed by atoms with Crippen LogP contribution in [0.5, 0.6) is 0 Å². The highest BCUT2D eigenvalue weighted by atomic mass is 32.2. The number of aryl methyl sites for hydroxylation is 1. The van der Waals surface area contributed by atoms with Crippen molar-refractivity contribution in [1.82, 2.24) is 9.97 Å². The molecule has 0 saturated carbocycles. The molecule has 0 radical (unpaired) electrons. The molecule has 0 amide bonds. The molecule has 1 aromatic heterocycles. The number of nitrogens with zero attached hydrogens (tertiary/aromatic N) is 2. The molecule has 0 aliphatic carbocycles. The van der Waals surface area contributed by atoms with E-state index in [-0.39, 0.29) is 5.75 Å². The highest BCUT2D eigenvalue weighted by Gasteiger charge is 2.10. The first kappa shape index (κ1) is 17.7. The first-order chi connectivity index (χ1) is 9.87. The third-order valence-electron chi connectivity index (χ3n) is 3.04. The molecule has 0 spiro atoms. The second-order valence-electron chi connectivity index (χ2n) is 5.15. The lowest BCUT2D eigenvalue weighted by atomic mass is 10.2. The molecule has 120 valence electrons. The van der Waals surface area contributed by atoms with Crippen LogP contribution in [0.2, 0.25) is 0 Å². The zero-order valence-corrected chi connectivity index (χ0v) is 14.2. The highest BCUT2D eigenvalue weighted by Crippen LogP contribution is 2.20. The first-order valence-electron chi connectivity index (χ1n) is 7.40. The maximum absolute atomic E-state index is 11.1. The van der Waals surface area contributed by atoms with Crippen LogP contribution in [-0.4, -0.2) is 43.5 Å². The fraction of sp³-hybridized carbons (Fsp3) is 0.714. The first-order valence-corrected chi connectivity index (χ1v) is 9.46. The van der Waals surface area contributed by atoms with Gasteiger partial charge in [-0.05, 0) is 19.8 Å². The summed E-state index contributed by atoms with van der Waals surface area (Å²) in [5.41, 5.74) is 0.972. The van der Waals surface area contributed by atoms with Crippen LogP contribution in [0.15, 0.2) is 0 Å². The summed E-state index contributed by atoms with van der Waals surface area (Å²) in [6.45, 7) is 7.54. The SMILES string of the molecule is CCCNc1nc(CC)nc(NCCCS(C)(=O)=O)c1C. The molecule has 0 bridgehead atoms. The molecule has 0 saturated heterocycles. The lowest BCUT2D eigenvalue weighted by Gasteiger charge is -2.14. The maximum Gasteiger partial charge on any atom is 0.147 e. The van der Waals surface area contributed by atoms with Gasteiger partial charge in [-0.2, -0.15) is 0 Å². The molecule has 1 aromatic rings. The third kappa shape index (κ3) is 6.29. The van der Waals surface area contributed by atoms with E-state index in [9.17, 15) is 8.42 Å². The number of sulfone groups is 1. The molecular formula is C14H26N4O2S. The summed E-state index contributed by atoms with van der Waals surface area (Å²) < 4.78 is 22.2. The molecule has 7 heteroatoms. The number of nitrogens with one attached hydrogen (secondary N) is 2. The number of anilines is 2. The summed E-state index contributed by atoms with van der Waals surface area (Å²) in [5, 5.41) is 6.53. The predicted octanol–water partition coefficient (Wildman–Crippen LogP) is 2.02. The number of aromatic nitrogens is 2. The van der Waals surface area contributed by atoms with Crippen LogP contribution in [0.3, 0.4) is 0 Å². The van der Waals surface area contributed by atoms with Gasteiger partial charge in [0.1, 0.15) is 27.3 Å². The average molecular weight is 314 g/mol. The fourth-order valence-corrected chi connectivity index (χ4v) is 2.52. The van der Waals surface area contributed by atoms with Crippen LogP contribution in [0.25, 0.3) is 0 Å². The lowest BCUT2D eigenvalue weighted by molar-refractivity contribution is 0.600. The summed E-state index contributed by atoms with van der Waals surface area (Å²) >= 11 is 0. The van der Waals surface area contributed by atoms with Crippen molar-refractivity contribution in [2.24, 2.45) is 0 Å². The summed E-state index contributed by atoms with van der Waals surface area (Å²) in [6.07, 6.45) is 3.62. The zero-order chi connectivity index (χ0) is 15.9. The Bertz CT molecular complexity index is 558. The Hall–Kier alpha value is -1.37. The predicted molar refractivity (Wildman–Crippen MR) is 87.7 cm³/mol. The monoisotopic (exact) mass is 314 g/mol. The van der Waals surface area contributed by atoms with Crippen molar-refractivity contribution in [3.63, 3.8) is 0 Å². The molecule has 0 atom stereocenters. The van der Waals surface area contributed by atoms with E-state index in [1.807, 2.05) is 13.8 Å². The van der Waals surface area contributed by atoms with Crippen LogP contribution in [-0.2, 0) is 16.3 Å². The van der Waals surface area contributed by atoms with E-state index in [0.29, 0.717) is 13.0 Å². The fourth-order valence-electron chi connectivity index (χ4n) is 1.85. The molecular weight excluding hydrogens is 288 g/mol. The maximum atomic E-state index is 11.1.